The molecule has 254 valence electrons. The van der Waals surface area contributed by atoms with Gasteiger partial charge in [-0.25, -0.2) is 14.8 Å². The Balaban J connectivity index is 1.24. The Bertz CT molecular complexity index is 1700. The van der Waals surface area contributed by atoms with E-state index in [0.717, 1.165) is 58.7 Å². The number of alkyl carbamates (subject to hydrolysis) is 1. The number of piperidine rings is 1. The third-order valence-electron chi connectivity index (χ3n) is 8.86. The van der Waals surface area contributed by atoms with Crippen molar-refractivity contribution in [3.8, 4) is 33.6 Å². The molecule has 0 unspecified atom stereocenters. The van der Waals surface area contributed by atoms with Crippen LogP contribution in [0.5, 0.6) is 0 Å². The van der Waals surface area contributed by atoms with Crippen LogP contribution in [0, 0.1) is 5.92 Å². The molecule has 0 spiro atoms. The van der Waals surface area contributed by atoms with Gasteiger partial charge in [0.2, 0.25) is 11.8 Å². The number of nitrogens with two attached hydrogens (primary N) is 1. The number of carbonyl (C=O) groups is 3. The van der Waals surface area contributed by atoms with Crippen molar-refractivity contribution in [1.29, 1.82) is 0 Å². The predicted molar refractivity (Wildman–Crippen MR) is 184 cm³/mol. The van der Waals surface area contributed by atoms with Crippen molar-refractivity contribution in [3.63, 3.8) is 0 Å². The number of H-pyrrole nitrogens is 2. The minimum atomic E-state index is -0.712. The van der Waals surface area contributed by atoms with E-state index >= 15 is 0 Å². The maximum absolute atomic E-state index is 13.6. The van der Waals surface area contributed by atoms with Gasteiger partial charge in [-0.1, -0.05) is 69.3 Å². The molecule has 48 heavy (non-hydrogen) atoms. The van der Waals surface area contributed by atoms with Gasteiger partial charge in [-0.2, -0.15) is 0 Å². The van der Waals surface area contributed by atoms with Gasteiger partial charge in [0.15, 0.2) is 0 Å². The smallest absolute Gasteiger partial charge is 0.407 e. The highest BCUT2D eigenvalue weighted by Crippen LogP contribution is 2.28. The molecule has 5 N–H and O–H groups in total. The number of rotatable bonds is 12. The maximum atomic E-state index is 13.6. The average molecular weight is 655 g/mol. The van der Waals surface area contributed by atoms with Gasteiger partial charge in [0, 0.05) is 13.1 Å². The Morgan fingerprint density at radius 2 is 1.56 bits per heavy atom. The summed E-state index contributed by atoms with van der Waals surface area (Å²) in [5, 5.41) is 2.69. The van der Waals surface area contributed by atoms with Gasteiger partial charge in [0.05, 0.1) is 49.5 Å². The standard InChI is InChI=1S/C36H46N8O4/c1-6-17-44(35(46)32(22(2)3)42-36(47)48-5)23(4)33-39-20-30(41-33)27-15-11-25(12-16-27)24-9-13-26(14-10-24)29-19-38-31(40-29)21-43-18-7-8-28(37)34(43)45/h9-16,19-20,22-23,28,32H,6-8,17-18,21,37H2,1-5H3,(H,38,40)(H,39,41)(H,42,47)/t23-,28+,32-/m0/s1. The third-order valence-corrected chi connectivity index (χ3v) is 8.86. The van der Waals surface area contributed by atoms with E-state index in [9.17, 15) is 14.4 Å². The summed E-state index contributed by atoms with van der Waals surface area (Å²) in [5.41, 5.74) is 11.8. The molecule has 12 heteroatoms. The largest absolute Gasteiger partial charge is 0.453 e. The van der Waals surface area contributed by atoms with Crippen LogP contribution in [0.3, 0.4) is 0 Å². The van der Waals surface area contributed by atoms with E-state index in [2.05, 4.69) is 61.7 Å². The van der Waals surface area contributed by atoms with Crippen molar-refractivity contribution in [2.24, 2.45) is 11.7 Å². The van der Waals surface area contributed by atoms with E-state index in [1.165, 1.54) is 7.11 Å². The number of nitrogens with one attached hydrogen (secondary N) is 3. The lowest BCUT2D eigenvalue weighted by molar-refractivity contribution is -0.137. The highest BCUT2D eigenvalue weighted by atomic mass is 16.5. The van der Waals surface area contributed by atoms with E-state index in [4.69, 9.17) is 10.5 Å². The Morgan fingerprint density at radius 3 is 2.15 bits per heavy atom. The summed E-state index contributed by atoms with van der Waals surface area (Å²) in [5.74, 6) is 1.09. The molecule has 3 amide bonds. The number of imidazole rings is 2. The van der Waals surface area contributed by atoms with Crippen molar-refractivity contribution >= 4 is 17.9 Å². The fourth-order valence-corrected chi connectivity index (χ4v) is 6.04. The minimum absolute atomic E-state index is 0.0196. The number of hydrogen-bond donors (Lipinski definition) is 4. The first-order valence-electron chi connectivity index (χ1n) is 16.6. The van der Waals surface area contributed by atoms with Crippen molar-refractivity contribution in [1.82, 2.24) is 35.1 Å². The Morgan fingerprint density at radius 1 is 0.979 bits per heavy atom. The van der Waals surface area contributed by atoms with Crippen molar-refractivity contribution in [3.05, 3.63) is 72.6 Å². The van der Waals surface area contributed by atoms with Gasteiger partial charge >= 0.3 is 6.09 Å². The van der Waals surface area contributed by atoms with Gasteiger partial charge in [0.25, 0.3) is 0 Å². The molecule has 4 aromatic rings. The molecular formula is C36H46N8O4. The maximum Gasteiger partial charge on any atom is 0.407 e. The molecule has 2 aromatic heterocycles. The second-order valence-electron chi connectivity index (χ2n) is 12.7. The van der Waals surface area contributed by atoms with Crippen LogP contribution in [-0.4, -0.2) is 79.9 Å². The fourth-order valence-electron chi connectivity index (χ4n) is 6.04. The number of likely N-dealkylation sites (tertiary alicyclic amines) is 1. The summed E-state index contributed by atoms with van der Waals surface area (Å²) in [7, 11) is 1.29. The first-order chi connectivity index (χ1) is 23.1. The quantitative estimate of drug-likeness (QED) is 0.162. The van der Waals surface area contributed by atoms with E-state index in [1.54, 1.807) is 22.2 Å². The van der Waals surface area contributed by atoms with E-state index in [-0.39, 0.29) is 23.8 Å². The SMILES string of the molecule is CCCN(C(=O)[C@@H](NC(=O)OC)C(C)C)[C@@H](C)c1ncc(-c2ccc(-c3ccc(-c4cnc(CN5CCC[C@@H](N)C5=O)[nH]4)cc3)cc2)[nH]1. The zero-order chi connectivity index (χ0) is 34.4. The van der Waals surface area contributed by atoms with Crippen molar-refractivity contribution in [2.75, 3.05) is 20.2 Å². The number of amides is 3. The number of hydrogen-bond acceptors (Lipinski definition) is 7. The Hall–Kier alpha value is -4.97. The lowest BCUT2D eigenvalue weighted by Gasteiger charge is -2.33. The number of ether oxygens (including phenoxy) is 1. The van der Waals surface area contributed by atoms with E-state index in [1.807, 2.05) is 39.8 Å². The Kier molecular flexibility index (Phi) is 10.9. The minimum Gasteiger partial charge on any atom is -0.453 e. The number of methoxy groups -OCH3 is 1. The number of benzene rings is 2. The Labute approximate surface area is 281 Å². The van der Waals surface area contributed by atoms with Crippen LogP contribution >= 0.6 is 0 Å². The topological polar surface area (TPSA) is 162 Å². The second kappa shape index (κ2) is 15.3. The first kappa shape index (κ1) is 34.4. The predicted octanol–water partition coefficient (Wildman–Crippen LogP) is 5.26. The molecule has 1 fully saturated rings. The van der Waals surface area contributed by atoms with Crippen LogP contribution in [0.4, 0.5) is 4.79 Å². The molecule has 0 aliphatic carbocycles. The molecule has 12 nitrogen and oxygen atoms in total. The summed E-state index contributed by atoms with van der Waals surface area (Å²) < 4.78 is 4.75. The van der Waals surface area contributed by atoms with Crippen LogP contribution in [0.25, 0.3) is 33.6 Å². The summed E-state index contributed by atoms with van der Waals surface area (Å²) in [4.78, 5) is 57.3. The van der Waals surface area contributed by atoms with E-state index < -0.39 is 18.2 Å². The first-order valence-corrected chi connectivity index (χ1v) is 16.6. The highest BCUT2D eigenvalue weighted by molar-refractivity contribution is 5.86. The fraction of sp³-hybridized carbons (Fsp3) is 0.417. The lowest BCUT2D eigenvalue weighted by Crippen LogP contribution is -2.52. The van der Waals surface area contributed by atoms with Crippen LogP contribution in [-0.2, 0) is 20.9 Å². The highest BCUT2D eigenvalue weighted by Gasteiger charge is 2.32. The molecule has 2 aromatic carbocycles. The number of nitrogens with zero attached hydrogens (tertiary/aromatic N) is 4. The summed E-state index contributed by atoms with van der Waals surface area (Å²) in [6, 6.07) is 15.0. The average Bonchev–Trinajstić information content (AvgIpc) is 3.78. The van der Waals surface area contributed by atoms with Gasteiger partial charge in [-0.05, 0) is 54.4 Å². The molecule has 5 rings (SSSR count). The molecule has 1 aliphatic heterocycles. The second-order valence-corrected chi connectivity index (χ2v) is 12.7. The van der Waals surface area contributed by atoms with Gasteiger partial charge < -0.3 is 35.6 Å². The van der Waals surface area contributed by atoms with Gasteiger partial charge in [-0.15, -0.1) is 0 Å². The number of carbonyl (C=O) groups excluding carboxylic acids is 3. The zero-order valence-corrected chi connectivity index (χ0v) is 28.3. The third kappa shape index (κ3) is 7.76. The van der Waals surface area contributed by atoms with Crippen LogP contribution < -0.4 is 11.1 Å². The van der Waals surface area contributed by atoms with E-state index in [0.29, 0.717) is 25.5 Å². The molecule has 1 aliphatic rings. The normalized spacial score (nSPS) is 16.1. The molecule has 3 heterocycles. The number of aromatic nitrogens is 4. The van der Waals surface area contributed by atoms with Gasteiger partial charge in [0.1, 0.15) is 17.7 Å². The molecule has 3 atom stereocenters. The molecule has 1 saturated heterocycles. The van der Waals surface area contributed by atoms with Crippen molar-refractivity contribution in [2.45, 2.75) is 71.6 Å². The van der Waals surface area contributed by atoms with Crippen molar-refractivity contribution < 1.29 is 19.1 Å². The molecule has 0 saturated carbocycles. The molecule has 0 bridgehead atoms. The van der Waals surface area contributed by atoms with Crippen LogP contribution in [0.1, 0.15) is 64.6 Å². The van der Waals surface area contributed by atoms with Crippen LogP contribution in [0.15, 0.2) is 60.9 Å². The van der Waals surface area contributed by atoms with Crippen LogP contribution in [0.2, 0.25) is 0 Å². The summed E-state index contributed by atoms with van der Waals surface area (Å²) in [6.07, 6.45) is 5.35. The summed E-state index contributed by atoms with van der Waals surface area (Å²) >= 11 is 0. The monoisotopic (exact) mass is 654 g/mol. The lowest BCUT2D eigenvalue weighted by atomic mass is 10.0. The number of aromatic amines is 2. The molecular weight excluding hydrogens is 608 g/mol. The zero-order valence-electron chi connectivity index (χ0n) is 28.3. The van der Waals surface area contributed by atoms with Gasteiger partial charge in [-0.3, -0.25) is 9.59 Å². The summed E-state index contributed by atoms with van der Waals surface area (Å²) in [6.45, 7) is 9.38. The molecule has 0 radical (unpaired) electrons.